The molecule has 0 bridgehead atoms. The minimum absolute atomic E-state index is 0.0127. The van der Waals surface area contributed by atoms with Crippen LogP contribution in [0, 0.1) is 28.6 Å². The second-order valence-electron chi connectivity index (χ2n) is 15.5. The van der Waals surface area contributed by atoms with E-state index in [9.17, 15) is 9.59 Å². The maximum atomic E-state index is 12.6. The third-order valence-electron chi connectivity index (χ3n) is 11.5. The second kappa shape index (κ2) is 13.8. The van der Waals surface area contributed by atoms with E-state index in [4.69, 9.17) is 9.47 Å². The number of fused-ring (bicyclic) bond motifs is 5. The summed E-state index contributed by atoms with van der Waals surface area (Å²) in [5.41, 5.74) is 1.44. The summed E-state index contributed by atoms with van der Waals surface area (Å²) in [6.07, 6.45) is 23.1. The molecule has 5 heteroatoms. The fourth-order valence-corrected chi connectivity index (χ4v) is 9.24. The lowest BCUT2D eigenvalue weighted by molar-refractivity contribution is -0.151. The van der Waals surface area contributed by atoms with Gasteiger partial charge in [0.05, 0.1) is 0 Å². The molecule has 0 radical (unpaired) electrons. The summed E-state index contributed by atoms with van der Waals surface area (Å²) in [6.45, 7) is 13.0. The molecule has 5 nitrogen and oxygen atoms in total. The van der Waals surface area contributed by atoms with E-state index >= 15 is 0 Å². The predicted octanol–water partition coefficient (Wildman–Crippen LogP) is 9.68. The van der Waals surface area contributed by atoms with Gasteiger partial charge < -0.3 is 14.8 Å². The predicted molar refractivity (Wildman–Crippen MR) is 167 cm³/mol. The quantitative estimate of drug-likeness (QED) is 0.144. The molecule has 0 aromatic rings. The molecule has 0 spiro atoms. The molecular formula is C36H61NO4. The van der Waals surface area contributed by atoms with Crippen LogP contribution in [-0.2, 0) is 14.3 Å². The van der Waals surface area contributed by atoms with Crippen LogP contribution in [0.4, 0.5) is 4.79 Å². The molecule has 0 heterocycles. The van der Waals surface area contributed by atoms with Gasteiger partial charge in [-0.05, 0) is 101 Å². The van der Waals surface area contributed by atoms with Gasteiger partial charge in [0.15, 0.2) is 0 Å². The van der Waals surface area contributed by atoms with E-state index in [0.29, 0.717) is 24.2 Å². The van der Waals surface area contributed by atoms with E-state index < -0.39 is 5.60 Å². The fourth-order valence-electron chi connectivity index (χ4n) is 9.24. The van der Waals surface area contributed by atoms with Crippen LogP contribution in [0.3, 0.4) is 0 Å². The Balaban J connectivity index is 1.24. The monoisotopic (exact) mass is 571 g/mol. The van der Waals surface area contributed by atoms with Crippen LogP contribution in [0.15, 0.2) is 11.6 Å². The van der Waals surface area contributed by atoms with E-state index in [1.54, 1.807) is 5.57 Å². The third-order valence-corrected chi connectivity index (χ3v) is 11.5. The van der Waals surface area contributed by atoms with Crippen LogP contribution < -0.4 is 5.32 Å². The number of carbonyl (C=O) groups excluding carboxylic acids is 2. The van der Waals surface area contributed by atoms with Gasteiger partial charge in [0.2, 0.25) is 0 Å². The van der Waals surface area contributed by atoms with Crippen molar-refractivity contribution in [3.63, 3.8) is 0 Å². The van der Waals surface area contributed by atoms with Gasteiger partial charge >= 0.3 is 12.1 Å². The lowest BCUT2D eigenvalue weighted by Crippen LogP contribution is -2.54. The van der Waals surface area contributed by atoms with E-state index in [0.717, 1.165) is 44.9 Å². The number of nitrogens with one attached hydrogen (secondary N) is 1. The number of esters is 1. The van der Waals surface area contributed by atoms with Crippen molar-refractivity contribution in [2.45, 2.75) is 175 Å². The second-order valence-corrected chi connectivity index (χ2v) is 15.5. The molecule has 0 unspecified atom stereocenters. The van der Waals surface area contributed by atoms with Gasteiger partial charge in [-0.1, -0.05) is 83.8 Å². The first-order valence-corrected chi connectivity index (χ1v) is 17.3. The molecule has 4 aliphatic rings. The zero-order chi connectivity index (χ0) is 29.7. The molecule has 41 heavy (non-hydrogen) atoms. The topological polar surface area (TPSA) is 64.6 Å². The van der Waals surface area contributed by atoms with Gasteiger partial charge in [0, 0.05) is 18.9 Å². The third kappa shape index (κ3) is 7.91. The summed E-state index contributed by atoms with van der Waals surface area (Å²) in [5, 5.41) is 3.27. The number of hydrogen-bond acceptors (Lipinski definition) is 4. The first-order chi connectivity index (χ1) is 19.5. The average Bonchev–Trinajstić information content (AvgIpc) is 3.22. The number of rotatable bonds is 12. The Morgan fingerprint density at radius 2 is 1.59 bits per heavy atom. The van der Waals surface area contributed by atoms with E-state index in [2.05, 4.69) is 32.2 Å². The van der Waals surface area contributed by atoms with Gasteiger partial charge in [-0.15, -0.1) is 0 Å². The normalized spacial score (nSPS) is 34.6. The lowest BCUT2D eigenvalue weighted by atomic mass is 9.48. The standard InChI is InChI=1S/C36H61NO4/c1-7-8-9-10-11-12-13-14-15-16-32(38)40-27-21-23-35(5)26(25-27)17-18-28-29-19-20-31(36(29,6)24-22-30(28)35)37-33(39)41-34(2,3)4/h17,27-31H,7-16,18-25H2,1-6H3,(H,37,39)/t27-,28-,29-,30-,31-,35-,36-/m0/s1. The highest BCUT2D eigenvalue weighted by Crippen LogP contribution is 2.65. The molecule has 4 rings (SSSR count). The Hall–Kier alpha value is -1.52. The fraction of sp³-hybridized carbons (Fsp3) is 0.889. The van der Waals surface area contributed by atoms with Crippen molar-refractivity contribution in [2.24, 2.45) is 28.6 Å². The molecule has 7 atom stereocenters. The van der Waals surface area contributed by atoms with Crippen LogP contribution in [0.2, 0.25) is 0 Å². The van der Waals surface area contributed by atoms with Gasteiger partial charge in [0.1, 0.15) is 11.7 Å². The molecule has 0 aromatic heterocycles. The van der Waals surface area contributed by atoms with Crippen LogP contribution in [0.25, 0.3) is 0 Å². The van der Waals surface area contributed by atoms with Crippen molar-refractivity contribution in [1.29, 1.82) is 0 Å². The molecule has 3 fully saturated rings. The van der Waals surface area contributed by atoms with Gasteiger partial charge in [-0.25, -0.2) is 4.79 Å². The highest BCUT2D eigenvalue weighted by atomic mass is 16.6. The molecule has 0 aliphatic heterocycles. The van der Waals surface area contributed by atoms with Crippen molar-refractivity contribution < 1.29 is 19.1 Å². The Morgan fingerprint density at radius 1 is 0.902 bits per heavy atom. The zero-order valence-corrected chi connectivity index (χ0v) is 27.3. The SMILES string of the molecule is CCCCCCCCCCCC(=O)O[C@H]1CC[C@@]2(C)C(=CC[C@H]3[C@@H]4CC[C@H](NC(=O)OC(C)(C)C)[C@@]4(C)CC[C@@H]32)C1. The summed E-state index contributed by atoms with van der Waals surface area (Å²) in [4.78, 5) is 25.3. The summed E-state index contributed by atoms with van der Waals surface area (Å²) in [5.74, 6) is 2.03. The van der Waals surface area contributed by atoms with Crippen molar-refractivity contribution in [3.8, 4) is 0 Å². The summed E-state index contributed by atoms with van der Waals surface area (Å²) in [7, 11) is 0. The Bertz CT molecular complexity index is 921. The largest absolute Gasteiger partial charge is 0.462 e. The molecule has 0 aromatic carbocycles. The van der Waals surface area contributed by atoms with E-state index in [1.165, 1.54) is 64.2 Å². The Labute approximate surface area is 251 Å². The smallest absolute Gasteiger partial charge is 0.407 e. The Morgan fingerprint density at radius 3 is 2.27 bits per heavy atom. The molecule has 1 N–H and O–H groups in total. The van der Waals surface area contributed by atoms with Crippen LogP contribution in [-0.4, -0.2) is 29.8 Å². The molecule has 3 saturated carbocycles. The van der Waals surface area contributed by atoms with Gasteiger partial charge in [0.25, 0.3) is 0 Å². The number of amides is 1. The lowest BCUT2D eigenvalue weighted by Gasteiger charge is -2.58. The van der Waals surface area contributed by atoms with Crippen LogP contribution in [0.5, 0.6) is 0 Å². The van der Waals surface area contributed by atoms with Gasteiger partial charge in [-0.3, -0.25) is 4.79 Å². The first kappa shape index (κ1) is 32.4. The van der Waals surface area contributed by atoms with Crippen molar-refractivity contribution >= 4 is 12.1 Å². The number of unbranched alkanes of at least 4 members (excludes halogenated alkanes) is 8. The number of carbonyl (C=O) groups is 2. The number of ether oxygens (including phenoxy) is 2. The van der Waals surface area contributed by atoms with Crippen molar-refractivity contribution in [3.05, 3.63) is 11.6 Å². The van der Waals surface area contributed by atoms with Crippen molar-refractivity contribution in [1.82, 2.24) is 5.32 Å². The van der Waals surface area contributed by atoms with E-state index in [-0.39, 0.29) is 35.0 Å². The molecule has 234 valence electrons. The number of hydrogen-bond donors (Lipinski definition) is 1. The molecule has 1 amide bonds. The first-order valence-electron chi connectivity index (χ1n) is 17.3. The molecule has 4 aliphatic carbocycles. The van der Waals surface area contributed by atoms with Crippen LogP contribution in [0.1, 0.15) is 157 Å². The maximum absolute atomic E-state index is 12.6. The van der Waals surface area contributed by atoms with E-state index in [1.807, 2.05) is 20.8 Å². The summed E-state index contributed by atoms with van der Waals surface area (Å²) in [6, 6.07) is 0.197. The molecular weight excluding hydrogens is 510 g/mol. The highest BCUT2D eigenvalue weighted by molar-refractivity contribution is 5.69. The number of alkyl carbamates (subject to hydrolysis) is 1. The minimum atomic E-state index is -0.472. The minimum Gasteiger partial charge on any atom is -0.462 e. The Kier molecular flexibility index (Phi) is 10.9. The van der Waals surface area contributed by atoms with Crippen LogP contribution >= 0.6 is 0 Å². The average molecular weight is 572 g/mol. The number of allylic oxidation sites excluding steroid dienone is 1. The highest BCUT2D eigenvalue weighted by Gasteiger charge is 2.59. The zero-order valence-electron chi connectivity index (χ0n) is 27.3. The summed E-state index contributed by atoms with van der Waals surface area (Å²) < 4.78 is 11.6. The van der Waals surface area contributed by atoms with Gasteiger partial charge in [-0.2, -0.15) is 0 Å². The summed E-state index contributed by atoms with van der Waals surface area (Å²) >= 11 is 0. The molecule has 0 saturated heterocycles. The van der Waals surface area contributed by atoms with Crippen molar-refractivity contribution in [2.75, 3.05) is 0 Å². The maximum Gasteiger partial charge on any atom is 0.407 e.